The van der Waals surface area contributed by atoms with Crippen LogP contribution in [0, 0.1) is 5.92 Å². The van der Waals surface area contributed by atoms with E-state index in [1.165, 1.54) is 5.56 Å². The quantitative estimate of drug-likeness (QED) is 0.623. The van der Waals surface area contributed by atoms with Crippen molar-refractivity contribution in [2.24, 2.45) is 5.92 Å². The fraction of sp³-hybridized carbons (Fsp3) is 0.636. The van der Waals surface area contributed by atoms with Gasteiger partial charge in [0.25, 0.3) is 0 Å². The van der Waals surface area contributed by atoms with Crippen LogP contribution >= 0.6 is 0 Å². The highest BCUT2D eigenvalue weighted by Crippen LogP contribution is 2.28. The molecule has 138 valence electrons. The molecule has 0 spiro atoms. The Balaban J connectivity index is 0.00000123. The van der Waals surface area contributed by atoms with Crippen molar-refractivity contribution in [1.82, 2.24) is 0 Å². The van der Waals surface area contributed by atoms with Crippen molar-refractivity contribution in [3.8, 4) is 0 Å². The highest BCUT2D eigenvalue weighted by Gasteiger charge is 2.32. The molecule has 1 aromatic rings. The number of hydrogen-bond donors (Lipinski definition) is 0. The smallest absolute Gasteiger partial charge is 0.0841 e. The standard InChI is InChI=1S/C18H26O2.2C2H6/c1-4-17-14(2)13-18(15(3)20-17)19-12-8-11-16-9-6-5-7-10-16;2*1-2/h5-11,14-15,17-18H,4,12-13H2,1-3H3;2*1-2H3/b11-8+;;. The summed E-state index contributed by atoms with van der Waals surface area (Å²) in [5.41, 5.74) is 1.21. The van der Waals surface area contributed by atoms with Crippen molar-refractivity contribution < 1.29 is 9.47 Å². The maximum atomic E-state index is 6.03. The molecule has 2 nitrogen and oxygen atoms in total. The highest BCUT2D eigenvalue weighted by atomic mass is 16.5. The predicted octanol–water partition coefficient (Wildman–Crippen LogP) is 6.36. The third-order valence-corrected chi connectivity index (χ3v) is 4.07. The van der Waals surface area contributed by atoms with Crippen molar-refractivity contribution in [3.05, 3.63) is 42.0 Å². The molecular weight excluding hydrogens is 296 g/mol. The minimum absolute atomic E-state index is 0.196. The monoisotopic (exact) mass is 334 g/mol. The van der Waals surface area contributed by atoms with Gasteiger partial charge in [-0.25, -0.2) is 0 Å². The van der Waals surface area contributed by atoms with Gasteiger partial charge in [0.15, 0.2) is 0 Å². The molecule has 1 saturated heterocycles. The minimum Gasteiger partial charge on any atom is -0.372 e. The molecule has 4 unspecified atom stereocenters. The first-order valence-electron chi connectivity index (χ1n) is 9.69. The van der Waals surface area contributed by atoms with Crippen LogP contribution in [0.3, 0.4) is 0 Å². The summed E-state index contributed by atoms with van der Waals surface area (Å²) in [6.07, 6.45) is 7.18. The van der Waals surface area contributed by atoms with Crippen LogP contribution < -0.4 is 0 Å². The van der Waals surface area contributed by atoms with E-state index < -0.39 is 0 Å². The van der Waals surface area contributed by atoms with E-state index in [0.717, 1.165) is 12.8 Å². The van der Waals surface area contributed by atoms with Gasteiger partial charge in [-0.15, -0.1) is 0 Å². The molecule has 0 radical (unpaired) electrons. The normalized spacial score (nSPS) is 26.1. The lowest BCUT2D eigenvalue weighted by molar-refractivity contribution is -0.150. The van der Waals surface area contributed by atoms with Gasteiger partial charge in [0, 0.05) is 0 Å². The lowest BCUT2D eigenvalue weighted by atomic mass is 9.90. The van der Waals surface area contributed by atoms with Crippen molar-refractivity contribution in [2.45, 2.75) is 79.6 Å². The Morgan fingerprint density at radius 1 is 1.08 bits per heavy atom. The fourth-order valence-electron chi connectivity index (χ4n) is 2.84. The van der Waals surface area contributed by atoms with E-state index in [2.05, 4.69) is 45.1 Å². The third kappa shape index (κ3) is 8.12. The second-order valence-electron chi connectivity index (χ2n) is 5.69. The molecule has 1 fully saturated rings. The number of benzene rings is 1. The summed E-state index contributed by atoms with van der Waals surface area (Å²) in [5.74, 6) is 0.583. The Morgan fingerprint density at radius 2 is 1.71 bits per heavy atom. The van der Waals surface area contributed by atoms with Crippen LogP contribution in [0.4, 0.5) is 0 Å². The lowest BCUT2D eigenvalue weighted by Crippen LogP contribution is -2.43. The molecular formula is C22H38O2. The van der Waals surface area contributed by atoms with E-state index in [-0.39, 0.29) is 12.2 Å². The van der Waals surface area contributed by atoms with Crippen LogP contribution in [0.2, 0.25) is 0 Å². The molecule has 2 heteroatoms. The molecule has 1 aromatic carbocycles. The molecule has 1 aliphatic rings. The summed E-state index contributed by atoms with van der Waals surface area (Å²) in [4.78, 5) is 0. The van der Waals surface area contributed by atoms with E-state index in [4.69, 9.17) is 9.47 Å². The van der Waals surface area contributed by atoms with Crippen LogP contribution in [-0.2, 0) is 9.47 Å². The van der Waals surface area contributed by atoms with Gasteiger partial charge >= 0.3 is 0 Å². The number of rotatable bonds is 5. The first-order chi connectivity index (χ1) is 11.7. The van der Waals surface area contributed by atoms with Crippen LogP contribution in [0.15, 0.2) is 36.4 Å². The molecule has 24 heavy (non-hydrogen) atoms. The molecule has 0 saturated carbocycles. The predicted molar refractivity (Wildman–Crippen MR) is 106 cm³/mol. The Bertz CT molecular complexity index is 413. The molecule has 1 heterocycles. The fourth-order valence-corrected chi connectivity index (χ4v) is 2.84. The average molecular weight is 335 g/mol. The maximum absolute atomic E-state index is 6.03. The van der Waals surface area contributed by atoms with E-state index in [0.29, 0.717) is 18.6 Å². The van der Waals surface area contributed by atoms with Gasteiger partial charge in [-0.1, -0.05) is 84.0 Å². The SMILES string of the molecule is CC.CC.CCC1OC(C)C(OC/C=C/c2ccccc2)CC1C. The average Bonchev–Trinajstić information content (AvgIpc) is 2.65. The zero-order chi connectivity index (χ0) is 18.4. The molecule has 0 aromatic heterocycles. The van der Waals surface area contributed by atoms with Crippen molar-refractivity contribution in [3.63, 3.8) is 0 Å². The van der Waals surface area contributed by atoms with E-state index in [9.17, 15) is 0 Å². The topological polar surface area (TPSA) is 18.5 Å². The zero-order valence-electron chi connectivity index (χ0n) is 16.8. The molecule has 1 aliphatic heterocycles. The Morgan fingerprint density at radius 3 is 2.29 bits per heavy atom. The maximum Gasteiger partial charge on any atom is 0.0841 e. The second kappa shape index (κ2) is 14.2. The van der Waals surface area contributed by atoms with Crippen LogP contribution in [-0.4, -0.2) is 24.9 Å². The van der Waals surface area contributed by atoms with E-state index in [1.54, 1.807) is 0 Å². The third-order valence-electron chi connectivity index (χ3n) is 4.07. The molecule has 0 bridgehead atoms. The summed E-state index contributed by atoms with van der Waals surface area (Å²) in [5, 5.41) is 0. The van der Waals surface area contributed by atoms with Gasteiger partial charge in [0.1, 0.15) is 0 Å². The van der Waals surface area contributed by atoms with Crippen molar-refractivity contribution in [2.75, 3.05) is 6.61 Å². The first-order valence-corrected chi connectivity index (χ1v) is 9.69. The Kier molecular flexibility index (Phi) is 13.6. The summed E-state index contributed by atoms with van der Waals surface area (Å²) in [7, 11) is 0. The Hall–Kier alpha value is -1.12. The number of ether oxygens (including phenoxy) is 2. The van der Waals surface area contributed by atoms with Crippen molar-refractivity contribution in [1.29, 1.82) is 0 Å². The van der Waals surface area contributed by atoms with Gasteiger partial charge in [-0.05, 0) is 31.2 Å². The molecule has 4 atom stereocenters. The summed E-state index contributed by atoms with van der Waals surface area (Å²) in [6, 6.07) is 10.3. The van der Waals surface area contributed by atoms with E-state index in [1.807, 2.05) is 45.9 Å². The van der Waals surface area contributed by atoms with Gasteiger partial charge in [0.2, 0.25) is 0 Å². The largest absolute Gasteiger partial charge is 0.372 e. The first kappa shape index (κ1) is 22.9. The molecule has 2 rings (SSSR count). The van der Waals surface area contributed by atoms with Gasteiger partial charge < -0.3 is 9.47 Å². The minimum atomic E-state index is 0.196. The lowest BCUT2D eigenvalue weighted by Gasteiger charge is -2.38. The summed E-state index contributed by atoms with van der Waals surface area (Å²) < 4.78 is 12.0. The highest BCUT2D eigenvalue weighted by molar-refractivity contribution is 5.48. The van der Waals surface area contributed by atoms with Gasteiger partial charge in [-0.2, -0.15) is 0 Å². The number of hydrogen-bond acceptors (Lipinski definition) is 2. The van der Waals surface area contributed by atoms with Crippen LogP contribution in [0.25, 0.3) is 6.08 Å². The molecule has 0 aliphatic carbocycles. The van der Waals surface area contributed by atoms with E-state index >= 15 is 0 Å². The van der Waals surface area contributed by atoms with Crippen molar-refractivity contribution >= 4 is 6.08 Å². The zero-order valence-corrected chi connectivity index (χ0v) is 16.8. The summed E-state index contributed by atoms with van der Waals surface area (Å²) >= 11 is 0. The summed E-state index contributed by atoms with van der Waals surface area (Å²) in [6.45, 7) is 15.2. The molecule has 0 amide bonds. The molecule has 0 N–H and O–H groups in total. The van der Waals surface area contributed by atoms with Gasteiger partial charge in [0.05, 0.1) is 24.9 Å². The Labute approximate surface area is 150 Å². The van der Waals surface area contributed by atoms with Gasteiger partial charge in [-0.3, -0.25) is 0 Å². The van der Waals surface area contributed by atoms with Crippen LogP contribution in [0.5, 0.6) is 0 Å². The second-order valence-corrected chi connectivity index (χ2v) is 5.69. The van der Waals surface area contributed by atoms with Crippen LogP contribution in [0.1, 0.15) is 66.9 Å².